The molecule has 2 fully saturated rings. The average Bonchev–Trinajstić information content (AvgIpc) is 3.29. The maximum absolute atomic E-state index is 12.5. The number of amides is 1. The van der Waals surface area contributed by atoms with Crippen LogP contribution in [0.1, 0.15) is 37.4 Å². The Labute approximate surface area is 162 Å². The van der Waals surface area contributed by atoms with Crippen molar-refractivity contribution in [2.75, 3.05) is 16.8 Å². The van der Waals surface area contributed by atoms with Crippen molar-refractivity contribution < 1.29 is 32.4 Å². The first-order valence-electron chi connectivity index (χ1n) is 8.85. The molecular weight excluding hydrogens is 397 g/mol. The van der Waals surface area contributed by atoms with Crippen molar-refractivity contribution in [3.8, 4) is 0 Å². The Morgan fingerprint density at radius 2 is 2.03 bits per heavy atom. The van der Waals surface area contributed by atoms with Crippen LogP contribution in [0.2, 0.25) is 0 Å². The summed E-state index contributed by atoms with van der Waals surface area (Å²) in [5.41, 5.74) is 0.817. The highest BCUT2D eigenvalue weighted by molar-refractivity contribution is 6.00. The molecule has 13 heteroatoms. The number of hydrogen-bond acceptors (Lipinski definition) is 7. The Kier molecular flexibility index (Phi) is 5.75. The molecule has 1 unspecified atom stereocenters. The van der Waals surface area contributed by atoms with Crippen molar-refractivity contribution in [2.24, 2.45) is 7.05 Å². The zero-order valence-electron chi connectivity index (χ0n) is 15.4. The number of halogens is 3. The van der Waals surface area contributed by atoms with Gasteiger partial charge in [-0.05, 0) is 19.3 Å². The highest BCUT2D eigenvalue weighted by atomic mass is 19.4. The van der Waals surface area contributed by atoms with Crippen LogP contribution in [0.3, 0.4) is 0 Å². The van der Waals surface area contributed by atoms with Crippen LogP contribution in [0.15, 0.2) is 16.9 Å². The summed E-state index contributed by atoms with van der Waals surface area (Å²) < 4.78 is 38.6. The molecule has 0 radical (unpaired) electrons. The lowest BCUT2D eigenvalue weighted by molar-refractivity contribution is -0.192. The molecule has 2 aromatic rings. The average molecular weight is 416 g/mol. The molecule has 0 bridgehead atoms. The van der Waals surface area contributed by atoms with E-state index >= 15 is 0 Å². The third-order valence-corrected chi connectivity index (χ3v) is 4.66. The van der Waals surface area contributed by atoms with Gasteiger partial charge in [0.1, 0.15) is 6.04 Å². The second kappa shape index (κ2) is 8.09. The molecule has 1 saturated heterocycles. The van der Waals surface area contributed by atoms with E-state index in [-0.39, 0.29) is 11.9 Å². The van der Waals surface area contributed by atoms with Gasteiger partial charge in [-0.15, -0.1) is 0 Å². The molecule has 158 valence electrons. The van der Waals surface area contributed by atoms with Gasteiger partial charge < -0.3 is 19.8 Å². The largest absolute Gasteiger partial charge is 0.490 e. The molecule has 1 saturated carbocycles. The maximum atomic E-state index is 12.5. The predicted octanol–water partition coefficient (Wildman–Crippen LogP) is 1.92. The minimum absolute atomic E-state index is 0.0106. The second-order valence-corrected chi connectivity index (χ2v) is 6.74. The van der Waals surface area contributed by atoms with Gasteiger partial charge >= 0.3 is 18.2 Å². The normalized spacial score (nSPS) is 19.5. The molecule has 2 aromatic heterocycles. The van der Waals surface area contributed by atoms with Crippen molar-refractivity contribution in [2.45, 2.75) is 43.8 Å². The third kappa shape index (κ3) is 4.84. The minimum Gasteiger partial charge on any atom is -0.475 e. The van der Waals surface area contributed by atoms with Gasteiger partial charge in [0.15, 0.2) is 5.82 Å². The molecule has 1 atom stereocenters. The van der Waals surface area contributed by atoms with Crippen LogP contribution in [0.4, 0.5) is 24.9 Å². The van der Waals surface area contributed by atoms with E-state index in [1.54, 1.807) is 15.8 Å². The lowest BCUT2D eigenvalue weighted by Crippen LogP contribution is -2.33. The Bertz CT molecular complexity index is 876. The van der Waals surface area contributed by atoms with E-state index in [2.05, 4.69) is 20.6 Å². The first-order chi connectivity index (χ1) is 13.6. The monoisotopic (exact) mass is 416 g/mol. The number of anilines is 2. The molecule has 0 spiro atoms. The molecular formula is C16H19F3N6O4. The Morgan fingerprint density at radius 3 is 2.55 bits per heavy atom. The standard InChI is InChI=1S/C14H18N6O2.C2HF3O2/c1-19-8-10(7-15-19)20-6-5-11(13(20)21)16-14-17-12(18-22-14)9-3-2-4-9;3-2(4,5)1(6)7/h7-9,11H,2-6H2,1H3,(H,16,17,18);(H,6,7). The van der Waals surface area contributed by atoms with Gasteiger partial charge in [-0.3, -0.25) is 9.48 Å². The molecule has 2 N–H and O–H groups in total. The third-order valence-electron chi connectivity index (χ3n) is 4.66. The van der Waals surface area contributed by atoms with E-state index in [1.165, 1.54) is 6.42 Å². The molecule has 1 amide bonds. The summed E-state index contributed by atoms with van der Waals surface area (Å²) in [5, 5.41) is 18.3. The van der Waals surface area contributed by atoms with Gasteiger partial charge in [0.05, 0.1) is 11.9 Å². The topological polar surface area (TPSA) is 126 Å². The minimum atomic E-state index is -5.08. The molecule has 2 aliphatic rings. The van der Waals surface area contributed by atoms with Crippen LogP contribution in [0, 0.1) is 0 Å². The Hall–Kier alpha value is -3.12. The van der Waals surface area contributed by atoms with E-state index in [0.717, 1.165) is 24.4 Å². The summed E-state index contributed by atoms with van der Waals surface area (Å²) >= 11 is 0. The fourth-order valence-electron chi connectivity index (χ4n) is 2.89. The van der Waals surface area contributed by atoms with E-state index in [9.17, 15) is 18.0 Å². The predicted molar refractivity (Wildman–Crippen MR) is 92.2 cm³/mol. The molecule has 3 heterocycles. The zero-order valence-corrected chi connectivity index (χ0v) is 15.4. The number of hydrogen-bond donors (Lipinski definition) is 2. The van der Waals surface area contributed by atoms with Crippen LogP contribution in [0.25, 0.3) is 0 Å². The molecule has 1 aliphatic carbocycles. The van der Waals surface area contributed by atoms with Gasteiger partial charge in [-0.25, -0.2) is 4.79 Å². The van der Waals surface area contributed by atoms with Gasteiger partial charge in [-0.2, -0.15) is 23.3 Å². The Balaban J connectivity index is 0.000000298. The number of nitrogens with one attached hydrogen (secondary N) is 1. The number of nitrogens with zero attached hydrogens (tertiary/aromatic N) is 5. The lowest BCUT2D eigenvalue weighted by Gasteiger charge is -2.20. The van der Waals surface area contributed by atoms with Crippen LogP contribution in [-0.2, 0) is 16.6 Å². The maximum Gasteiger partial charge on any atom is 0.490 e. The summed E-state index contributed by atoms with van der Waals surface area (Å²) in [7, 11) is 1.83. The smallest absolute Gasteiger partial charge is 0.475 e. The number of aliphatic carboxylic acids is 1. The van der Waals surface area contributed by atoms with Crippen molar-refractivity contribution in [3.05, 3.63) is 18.2 Å². The number of carbonyl (C=O) groups is 2. The van der Waals surface area contributed by atoms with Gasteiger partial charge in [-0.1, -0.05) is 11.6 Å². The van der Waals surface area contributed by atoms with Crippen LogP contribution in [-0.4, -0.2) is 55.7 Å². The zero-order chi connectivity index (χ0) is 21.2. The van der Waals surface area contributed by atoms with Gasteiger partial charge in [0.2, 0.25) is 5.91 Å². The first kappa shape index (κ1) is 20.6. The summed E-state index contributed by atoms with van der Waals surface area (Å²) in [4.78, 5) is 27.4. The highest BCUT2D eigenvalue weighted by Crippen LogP contribution is 2.35. The van der Waals surface area contributed by atoms with E-state index in [1.807, 2.05) is 13.2 Å². The van der Waals surface area contributed by atoms with Gasteiger partial charge in [0, 0.05) is 25.7 Å². The number of aromatic nitrogens is 4. The number of rotatable bonds is 4. The van der Waals surface area contributed by atoms with E-state index in [4.69, 9.17) is 14.4 Å². The summed E-state index contributed by atoms with van der Waals surface area (Å²) in [6, 6.07) is 0.0168. The fraction of sp³-hybridized carbons (Fsp3) is 0.562. The van der Waals surface area contributed by atoms with Crippen molar-refractivity contribution in [3.63, 3.8) is 0 Å². The number of alkyl halides is 3. The van der Waals surface area contributed by atoms with Crippen molar-refractivity contribution in [1.29, 1.82) is 0 Å². The summed E-state index contributed by atoms with van der Waals surface area (Å²) in [6.45, 7) is 0.659. The summed E-state index contributed by atoms with van der Waals surface area (Å²) in [6.07, 6.45) is 2.62. The van der Waals surface area contributed by atoms with Crippen molar-refractivity contribution in [1.82, 2.24) is 19.9 Å². The number of carboxylic acids is 1. The molecule has 0 aromatic carbocycles. The van der Waals surface area contributed by atoms with Gasteiger partial charge in [0.25, 0.3) is 0 Å². The van der Waals surface area contributed by atoms with Crippen LogP contribution < -0.4 is 10.2 Å². The number of carboxylic acid groups (broad SMARTS) is 1. The van der Waals surface area contributed by atoms with E-state index in [0.29, 0.717) is 24.9 Å². The SMILES string of the molecule is Cn1cc(N2CCC(Nc3nc(C4CCC4)no3)C2=O)cn1.O=C(O)C(F)(F)F. The number of aryl methyl sites for hydroxylation is 1. The highest BCUT2D eigenvalue weighted by Gasteiger charge is 2.38. The van der Waals surface area contributed by atoms with Crippen molar-refractivity contribution >= 4 is 23.6 Å². The molecule has 29 heavy (non-hydrogen) atoms. The quantitative estimate of drug-likeness (QED) is 0.774. The fourth-order valence-corrected chi connectivity index (χ4v) is 2.89. The molecule has 10 nitrogen and oxygen atoms in total. The molecule has 4 rings (SSSR count). The second-order valence-electron chi connectivity index (χ2n) is 6.74. The van der Waals surface area contributed by atoms with E-state index < -0.39 is 12.1 Å². The summed E-state index contributed by atoms with van der Waals surface area (Å²) in [5.74, 6) is -1.57. The first-order valence-corrected chi connectivity index (χ1v) is 8.85. The van der Waals surface area contributed by atoms with Crippen LogP contribution >= 0.6 is 0 Å². The Morgan fingerprint density at radius 1 is 1.34 bits per heavy atom. The number of carbonyl (C=O) groups excluding carboxylic acids is 1. The van der Waals surface area contributed by atoms with Crippen LogP contribution in [0.5, 0.6) is 0 Å². The lowest BCUT2D eigenvalue weighted by atomic mass is 9.85. The molecule has 1 aliphatic heterocycles.